The predicted molar refractivity (Wildman–Crippen MR) is 163 cm³/mol. The van der Waals surface area contributed by atoms with Gasteiger partial charge in [0.1, 0.15) is 0 Å². The fraction of sp³-hybridized carbons (Fsp3) is 0.118. The third-order valence-electron chi connectivity index (χ3n) is 6.39. The van der Waals surface area contributed by atoms with Crippen LogP contribution < -0.4 is 10.6 Å². The van der Waals surface area contributed by atoms with E-state index in [0.29, 0.717) is 0 Å². The molecule has 38 heavy (non-hydrogen) atoms. The fourth-order valence-electron chi connectivity index (χ4n) is 4.27. The normalized spacial score (nSPS) is 13.7. The van der Waals surface area contributed by atoms with Crippen molar-refractivity contribution in [2.45, 2.75) is 26.7 Å². The number of hydrogen-bond acceptors (Lipinski definition) is 4. The van der Waals surface area contributed by atoms with Gasteiger partial charge in [0.25, 0.3) is 0 Å². The number of para-hydroxylation sites is 1. The summed E-state index contributed by atoms with van der Waals surface area (Å²) in [4.78, 5) is 9.64. The summed E-state index contributed by atoms with van der Waals surface area (Å²) in [5.41, 5.74) is 10.3. The molecule has 0 amide bonds. The van der Waals surface area contributed by atoms with Crippen LogP contribution in [0.4, 0.5) is 28.4 Å². The average Bonchev–Trinajstić information content (AvgIpc) is 2.96. The molecule has 0 aliphatic heterocycles. The van der Waals surface area contributed by atoms with Crippen LogP contribution in [0.25, 0.3) is 0 Å². The number of nitrogens with zero attached hydrogens (tertiary/aromatic N) is 2. The second kappa shape index (κ2) is 12.0. The lowest BCUT2D eigenvalue weighted by Gasteiger charge is -2.10. The lowest BCUT2D eigenvalue weighted by molar-refractivity contribution is 1.02. The molecule has 0 aromatic heterocycles. The van der Waals surface area contributed by atoms with Crippen LogP contribution in [0.15, 0.2) is 137 Å². The van der Waals surface area contributed by atoms with Crippen molar-refractivity contribution in [3.05, 3.63) is 138 Å². The van der Waals surface area contributed by atoms with Gasteiger partial charge in [0.05, 0.1) is 11.4 Å². The lowest BCUT2D eigenvalue weighted by atomic mass is 10.1. The Morgan fingerprint density at radius 2 is 1.05 bits per heavy atom. The van der Waals surface area contributed by atoms with Gasteiger partial charge >= 0.3 is 0 Å². The summed E-state index contributed by atoms with van der Waals surface area (Å²) in [6.07, 6.45) is 8.77. The van der Waals surface area contributed by atoms with E-state index in [1.165, 1.54) is 0 Å². The summed E-state index contributed by atoms with van der Waals surface area (Å²) in [6, 6.07) is 35.0. The van der Waals surface area contributed by atoms with E-state index in [9.17, 15) is 0 Å². The van der Waals surface area contributed by atoms with Gasteiger partial charge in [-0.3, -0.25) is 9.98 Å². The number of aliphatic imine (C=N–C) groups is 2. The van der Waals surface area contributed by atoms with Crippen molar-refractivity contribution in [1.29, 1.82) is 0 Å². The Balaban J connectivity index is 1.21. The zero-order chi connectivity index (χ0) is 26.2. The van der Waals surface area contributed by atoms with E-state index >= 15 is 0 Å². The minimum Gasteiger partial charge on any atom is -0.356 e. The summed E-state index contributed by atoms with van der Waals surface area (Å²) < 4.78 is 0. The van der Waals surface area contributed by atoms with Crippen LogP contribution >= 0.6 is 0 Å². The van der Waals surface area contributed by atoms with Gasteiger partial charge in [-0.25, -0.2) is 0 Å². The van der Waals surface area contributed by atoms with Crippen molar-refractivity contribution in [3.8, 4) is 0 Å². The average molecular weight is 497 g/mol. The zero-order valence-corrected chi connectivity index (χ0v) is 21.9. The van der Waals surface area contributed by atoms with Gasteiger partial charge in [0.2, 0.25) is 0 Å². The summed E-state index contributed by atoms with van der Waals surface area (Å²) in [6.45, 7) is 4.09. The molecule has 0 spiro atoms. The first-order valence-corrected chi connectivity index (χ1v) is 13.0. The van der Waals surface area contributed by atoms with E-state index in [1.54, 1.807) is 0 Å². The predicted octanol–water partition coefficient (Wildman–Crippen LogP) is 9.36. The number of benzene rings is 4. The number of nitrogens with one attached hydrogen (secondary N) is 2. The van der Waals surface area contributed by atoms with Crippen molar-refractivity contribution in [3.63, 3.8) is 0 Å². The quantitative estimate of drug-likeness (QED) is 0.239. The molecular weight excluding hydrogens is 464 g/mol. The minimum absolute atomic E-state index is 0.927. The highest BCUT2D eigenvalue weighted by Crippen LogP contribution is 2.23. The van der Waals surface area contributed by atoms with Gasteiger partial charge in [-0.1, -0.05) is 54.6 Å². The number of allylic oxidation sites excluding steroid dienone is 3. The fourth-order valence-corrected chi connectivity index (χ4v) is 4.27. The van der Waals surface area contributed by atoms with Gasteiger partial charge in [0.15, 0.2) is 0 Å². The first-order valence-electron chi connectivity index (χ1n) is 13.0. The van der Waals surface area contributed by atoms with E-state index in [1.807, 2.05) is 56.3 Å². The Bertz CT molecular complexity index is 1480. The van der Waals surface area contributed by atoms with E-state index in [-0.39, 0.29) is 0 Å². The second-order valence-electron chi connectivity index (χ2n) is 9.32. The van der Waals surface area contributed by atoms with Crippen LogP contribution in [0.2, 0.25) is 0 Å². The highest BCUT2D eigenvalue weighted by atomic mass is 14.9. The van der Waals surface area contributed by atoms with Crippen molar-refractivity contribution in [2.24, 2.45) is 9.98 Å². The molecular formula is C34H32N4. The Labute approximate surface area is 225 Å². The number of anilines is 3. The number of rotatable bonds is 8. The summed E-state index contributed by atoms with van der Waals surface area (Å²) >= 11 is 0. The Morgan fingerprint density at radius 1 is 0.553 bits per heavy atom. The molecule has 0 saturated heterocycles. The smallest absolute Gasteiger partial charge is 0.0634 e. The minimum atomic E-state index is 0.927. The van der Waals surface area contributed by atoms with E-state index in [4.69, 9.17) is 9.98 Å². The Kier molecular flexibility index (Phi) is 7.90. The largest absolute Gasteiger partial charge is 0.356 e. The van der Waals surface area contributed by atoms with Crippen LogP contribution in [-0.4, -0.2) is 11.4 Å². The first kappa shape index (κ1) is 25.0. The molecule has 0 atom stereocenters. The molecule has 4 nitrogen and oxygen atoms in total. The van der Waals surface area contributed by atoms with Gasteiger partial charge in [-0.2, -0.15) is 0 Å². The molecule has 4 aromatic carbocycles. The van der Waals surface area contributed by atoms with Crippen molar-refractivity contribution < 1.29 is 0 Å². The van der Waals surface area contributed by atoms with Crippen LogP contribution in [0, 0.1) is 0 Å². The van der Waals surface area contributed by atoms with Crippen molar-refractivity contribution in [2.75, 3.05) is 10.6 Å². The molecule has 0 saturated carbocycles. The molecule has 2 N–H and O–H groups in total. The summed E-state index contributed by atoms with van der Waals surface area (Å²) in [7, 11) is 0. The molecule has 0 unspecified atom stereocenters. The third-order valence-corrected chi connectivity index (χ3v) is 6.39. The second-order valence-corrected chi connectivity index (χ2v) is 9.32. The van der Waals surface area contributed by atoms with Crippen LogP contribution in [0.1, 0.15) is 37.8 Å². The first-order chi connectivity index (χ1) is 18.6. The molecule has 0 bridgehead atoms. The molecule has 4 heteroatoms. The van der Waals surface area contributed by atoms with Crippen LogP contribution in [0.3, 0.4) is 0 Å². The van der Waals surface area contributed by atoms with E-state index < -0.39 is 0 Å². The zero-order valence-electron chi connectivity index (χ0n) is 21.9. The summed E-state index contributed by atoms with van der Waals surface area (Å²) in [5.74, 6) is 0. The summed E-state index contributed by atoms with van der Waals surface area (Å²) in [5, 5.41) is 6.85. The maximum atomic E-state index is 4.82. The maximum absolute atomic E-state index is 4.82. The van der Waals surface area contributed by atoms with Crippen LogP contribution in [0.5, 0.6) is 0 Å². The standard InChI is InChI=1S/C34H32N4/c1-25(35-31-17-21-33(22-18-31)37-29-9-5-3-6-10-29)27-13-15-28(16-14-27)26(2)36-32-19-23-34(24-20-32)38-30-11-7-4-8-12-30/h3,5-7,9-24,37-38H,4,8H2,1-2H3. The van der Waals surface area contributed by atoms with E-state index in [0.717, 1.165) is 69.5 Å². The van der Waals surface area contributed by atoms with Gasteiger partial charge in [-0.05, 0) is 105 Å². The molecule has 0 radical (unpaired) electrons. The van der Waals surface area contributed by atoms with Crippen molar-refractivity contribution >= 4 is 39.9 Å². The Morgan fingerprint density at radius 3 is 1.55 bits per heavy atom. The van der Waals surface area contributed by atoms with Gasteiger partial charge in [0, 0.05) is 34.2 Å². The SMILES string of the molecule is CC(=Nc1ccc(NC2=CCCC=C2)cc1)c1ccc(C(C)=Nc2ccc(Nc3ccccc3)cc2)cc1. The Hall–Kier alpha value is -4.70. The molecule has 188 valence electrons. The number of hydrogen-bond donors (Lipinski definition) is 2. The molecule has 0 heterocycles. The van der Waals surface area contributed by atoms with Gasteiger partial charge < -0.3 is 10.6 Å². The highest BCUT2D eigenvalue weighted by Gasteiger charge is 2.03. The monoisotopic (exact) mass is 496 g/mol. The van der Waals surface area contributed by atoms with Crippen LogP contribution in [-0.2, 0) is 0 Å². The van der Waals surface area contributed by atoms with Gasteiger partial charge in [-0.15, -0.1) is 0 Å². The molecule has 1 aliphatic carbocycles. The van der Waals surface area contributed by atoms with Crippen molar-refractivity contribution in [1.82, 2.24) is 0 Å². The molecule has 5 rings (SSSR count). The molecule has 0 fully saturated rings. The molecule has 4 aromatic rings. The third kappa shape index (κ3) is 6.74. The molecule has 1 aliphatic rings. The maximum Gasteiger partial charge on any atom is 0.0634 e. The van der Waals surface area contributed by atoms with E-state index in [2.05, 4.69) is 89.5 Å². The topological polar surface area (TPSA) is 48.8 Å². The lowest BCUT2D eigenvalue weighted by Crippen LogP contribution is -1.99. The highest BCUT2D eigenvalue weighted by molar-refractivity contribution is 6.03.